The van der Waals surface area contributed by atoms with Crippen molar-refractivity contribution >= 4 is 17.2 Å². The van der Waals surface area contributed by atoms with Crippen molar-refractivity contribution in [3.63, 3.8) is 0 Å². The molecule has 0 saturated carbocycles. The summed E-state index contributed by atoms with van der Waals surface area (Å²) in [6.07, 6.45) is 3.28. The summed E-state index contributed by atoms with van der Waals surface area (Å²) in [4.78, 5) is 19.4. The van der Waals surface area contributed by atoms with Crippen LogP contribution in [0.5, 0.6) is 0 Å². The molecular formula is C26H31FN4O3. The second kappa shape index (κ2) is 9.00. The zero-order valence-corrected chi connectivity index (χ0v) is 19.9. The van der Waals surface area contributed by atoms with Crippen LogP contribution >= 0.6 is 0 Å². The van der Waals surface area contributed by atoms with Gasteiger partial charge in [0.25, 0.3) is 5.91 Å². The smallest absolute Gasteiger partial charge is 0.270 e. The van der Waals surface area contributed by atoms with Crippen LogP contribution in [0.4, 0.5) is 10.1 Å². The molecule has 4 heterocycles. The number of aryl methyl sites for hydroxylation is 2. The predicted octanol–water partition coefficient (Wildman–Crippen LogP) is 4.00. The SMILES string of the molecule is Cc1ccn2c(C(=O)NCc3ccc(N4CCC5(CC4)OCC(C)CO5)c(F)c3)c(C)nc2c1. The number of anilines is 1. The Morgan fingerprint density at radius 2 is 1.91 bits per heavy atom. The monoisotopic (exact) mass is 466 g/mol. The summed E-state index contributed by atoms with van der Waals surface area (Å²) >= 11 is 0. The molecule has 180 valence electrons. The van der Waals surface area contributed by atoms with E-state index in [9.17, 15) is 9.18 Å². The Kier molecular flexibility index (Phi) is 6.04. The molecule has 1 amide bonds. The van der Waals surface area contributed by atoms with E-state index in [0.29, 0.717) is 54.9 Å². The maximum atomic E-state index is 15.0. The van der Waals surface area contributed by atoms with Gasteiger partial charge in [0, 0.05) is 44.6 Å². The van der Waals surface area contributed by atoms with Gasteiger partial charge in [-0.2, -0.15) is 0 Å². The Labute approximate surface area is 198 Å². The van der Waals surface area contributed by atoms with Crippen LogP contribution in [-0.4, -0.2) is 47.4 Å². The summed E-state index contributed by atoms with van der Waals surface area (Å²) in [7, 11) is 0. The topological polar surface area (TPSA) is 68.1 Å². The van der Waals surface area contributed by atoms with Crippen LogP contribution in [0.3, 0.4) is 0 Å². The van der Waals surface area contributed by atoms with Crippen molar-refractivity contribution in [3.05, 3.63) is 64.9 Å². The first-order valence-electron chi connectivity index (χ1n) is 11.9. The van der Waals surface area contributed by atoms with Gasteiger partial charge in [0.2, 0.25) is 0 Å². The molecule has 2 aliphatic heterocycles. The second-order valence-corrected chi connectivity index (χ2v) is 9.57. The number of hydrogen-bond acceptors (Lipinski definition) is 5. The van der Waals surface area contributed by atoms with E-state index in [1.54, 1.807) is 10.5 Å². The highest BCUT2D eigenvalue weighted by molar-refractivity contribution is 5.94. The van der Waals surface area contributed by atoms with Gasteiger partial charge in [0.05, 0.1) is 24.6 Å². The Hall–Kier alpha value is -2.97. The molecule has 5 rings (SSSR count). The lowest BCUT2D eigenvalue weighted by Crippen LogP contribution is -2.51. The van der Waals surface area contributed by atoms with E-state index >= 15 is 0 Å². The number of hydrogen-bond donors (Lipinski definition) is 1. The standard InChI is InChI=1S/C26H31FN4O3/c1-17-6-9-31-23(12-17)29-19(3)24(31)25(32)28-14-20-4-5-22(21(27)13-20)30-10-7-26(8-11-30)33-15-18(2)16-34-26/h4-6,9,12-13,18H,7-8,10-11,14-16H2,1-3H3,(H,28,32). The molecule has 2 saturated heterocycles. The molecule has 3 aromatic rings. The number of imidazole rings is 1. The number of amides is 1. The Morgan fingerprint density at radius 1 is 1.18 bits per heavy atom. The van der Waals surface area contributed by atoms with E-state index in [-0.39, 0.29) is 18.3 Å². The highest BCUT2D eigenvalue weighted by Gasteiger charge is 2.40. The highest BCUT2D eigenvalue weighted by atomic mass is 19.1. The van der Waals surface area contributed by atoms with Crippen LogP contribution in [0.1, 0.15) is 47.1 Å². The van der Waals surface area contributed by atoms with E-state index in [4.69, 9.17) is 9.47 Å². The van der Waals surface area contributed by atoms with Gasteiger partial charge < -0.3 is 19.7 Å². The first kappa shape index (κ1) is 22.8. The third-order valence-electron chi connectivity index (χ3n) is 6.76. The number of halogens is 1. The minimum Gasteiger partial charge on any atom is -0.369 e. The number of fused-ring (bicyclic) bond motifs is 1. The van der Waals surface area contributed by atoms with Crippen molar-refractivity contribution in [1.82, 2.24) is 14.7 Å². The van der Waals surface area contributed by atoms with Crippen molar-refractivity contribution in [2.75, 3.05) is 31.2 Å². The molecule has 0 aliphatic carbocycles. The minimum absolute atomic E-state index is 0.234. The third kappa shape index (κ3) is 4.40. The summed E-state index contributed by atoms with van der Waals surface area (Å²) in [5.41, 5.74) is 4.25. The number of pyridine rings is 1. The largest absolute Gasteiger partial charge is 0.369 e. The fraction of sp³-hybridized carbons (Fsp3) is 0.462. The first-order chi connectivity index (χ1) is 16.3. The zero-order valence-electron chi connectivity index (χ0n) is 19.9. The molecule has 7 nitrogen and oxygen atoms in total. The molecule has 2 aromatic heterocycles. The molecule has 0 atom stereocenters. The van der Waals surface area contributed by atoms with E-state index < -0.39 is 5.79 Å². The molecule has 0 radical (unpaired) electrons. The van der Waals surface area contributed by atoms with Crippen LogP contribution in [0.25, 0.3) is 5.65 Å². The number of benzene rings is 1. The second-order valence-electron chi connectivity index (χ2n) is 9.57. The van der Waals surface area contributed by atoms with Crippen LogP contribution in [0, 0.1) is 25.6 Å². The maximum Gasteiger partial charge on any atom is 0.270 e. The lowest BCUT2D eigenvalue weighted by atomic mass is 10.0. The molecule has 1 aromatic carbocycles. The molecule has 0 unspecified atom stereocenters. The number of aromatic nitrogens is 2. The number of nitrogens with one attached hydrogen (secondary N) is 1. The Morgan fingerprint density at radius 3 is 2.62 bits per heavy atom. The lowest BCUT2D eigenvalue weighted by molar-refractivity contribution is -0.288. The number of carbonyl (C=O) groups is 1. The lowest BCUT2D eigenvalue weighted by Gasteiger charge is -2.45. The number of carbonyl (C=O) groups excluding carboxylic acids is 1. The van der Waals surface area contributed by atoms with Gasteiger partial charge in [0.1, 0.15) is 17.2 Å². The van der Waals surface area contributed by atoms with Crippen LogP contribution in [0.2, 0.25) is 0 Å². The number of piperidine rings is 1. The van der Waals surface area contributed by atoms with Crippen molar-refractivity contribution in [2.45, 2.75) is 45.9 Å². The van der Waals surface area contributed by atoms with Crippen molar-refractivity contribution in [2.24, 2.45) is 5.92 Å². The summed E-state index contributed by atoms with van der Waals surface area (Å²) in [5, 5.41) is 2.90. The molecule has 2 aliphatic rings. The molecule has 1 N–H and O–H groups in total. The number of rotatable bonds is 4. The van der Waals surface area contributed by atoms with Crippen molar-refractivity contribution < 1.29 is 18.7 Å². The number of ether oxygens (including phenoxy) is 2. The van der Waals surface area contributed by atoms with Gasteiger partial charge in [-0.1, -0.05) is 13.0 Å². The average molecular weight is 467 g/mol. The van der Waals surface area contributed by atoms with Crippen molar-refractivity contribution in [1.29, 1.82) is 0 Å². The van der Waals surface area contributed by atoms with E-state index in [1.165, 1.54) is 6.07 Å². The molecule has 0 bridgehead atoms. The summed E-state index contributed by atoms with van der Waals surface area (Å²) in [6.45, 7) is 8.92. The summed E-state index contributed by atoms with van der Waals surface area (Å²) in [6, 6.07) is 9.03. The quantitative estimate of drug-likeness (QED) is 0.630. The molecule has 1 spiro atoms. The van der Waals surface area contributed by atoms with Crippen LogP contribution in [-0.2, 0) is 16.0 Å². The number of nitrogens with zero attached hydrogens (tertiary/aromatic N) is 3. The third-order valence-corrected chi connectivity index (χ3v) is 6.76. The van der Waals surface area contributed by atoms with Gasteiger partial charge in [-0.3, -0.25) is 9.20 Å². The Bertz CT molecular complexity index is 1210. The highest BCUT2D eigenvalue weighted by Crippen LogP contribution is 2.34. The van der Waals surface area contributed by atoms with Gasteiger partial charge in [0.15, 0.2) is 5.79 Å². The zero-order chi connectivity index (χ0) is 23.9. The first-order valence-corrected chi connectivity index (χ1v) is 11.9. The van der Waals surface area contributed by atoms with Gasteiger partial charge >= 0.3 is 0 Å². The molecule has 2 fully saturated rings. The van der Waals surface area contributed by atoms with E-state index in [2.05, 4.69) is 17.2 Å². The summed E-state index contributed by atoms with van der Waals surface area (Å²) in [5.74, 6) is -0.627. The van der Waals surface area contributed by atoms with E-state index in [1.807, 2.05) is 43.1 Å². The van der Waals surface area contributed by atoms with Gasteiger partial charge in [-0.15, -0.1) is 0 Å². The Balaban J connectivity index is 1.22. The van der Waals surface area contributed by atoms with Crippen LogP contribution in [0.15, 0.2) is 36.5 Å². The predicted molar refractivity (Wildman–Crippen MR) is 127 cm³/mol. The fourth-order valence-electron chi connectivity index (χ4n) is 4.78. The van der Waals surface area contributed by atoms with Crippen molar-refractivity contribution in [3.8, 4) is 0 Å². The normalized spacial score (nSPS) is 18.5. The van der Waals surface area contributed by atoms with Gasteiger partial charge in [-0.25, -0.2) is 9.37 Å². The maximum absolute atomic E-state index is 15.0. The fourth-order valence-corrected chi connectivity index (χ4v) is 4.78. The summed E-state index contributed by atoms with van der Waals surface area (Å²) < 4.78 is 28.8. The van der Waals surface area contributed by atoms with Crippen LogP contribution < -0.4 is 10.2 Å². The minimum atomic E-state index is -0.516. The van der Waals surface area contributed by atoms with Gasteiger partial charge in [-0.05, 0) is 49.2 Å². The van der Waals surface area contributed by atoms with E-state index in [0.717, 1.165) is 24.1 Å². The molecule has 34 heavy (non-hydrogen) atoms. The molecule has 8 heteroatoms. The molecular weight excluding hydrogens is 435 g/mol. The average Bonchev–Trinajstić information content (AvgIpc) is 3.15.